The fraction of sp³-hybridized carbons (Fsp3) is 0.143. The second kappa shape index (κ2) is 8.71. The van der Waals surface area contributed by atoms with Gasteiger partial charge in [0.25, 0.3) is 5.91 Å². The summed E-state index contributed by atoms with van der Waals surface area (Å²) in [7, 11) is 1.53. The molecule has 0 saturated heterocycles. The van der Waals surface area contributed by atoms with E-state index in [1.54, 1.807) is 30.5 Å². The van der Waals surface area contributed by atoms with Gasteiger partial charge in [-0.2, -0.15) is 0 Å². The fourth-order valence-electron chi connectivity index (χ4n) is 2.53. The van der Waals surface area contributed by atoms with Crippen molar-refractivity contribution in [2.45, 2.75) is 6.92 Å². The number of nitrogens with zero attached hydrogens (tertiary/aromatic N) is 1. The highest BCUT2D eigenvalue weighted by Crippen LogP contribution is 2.21. The van der Waals surface area contributed by atoms with E-state index in [4.69, 9.17) is 9.47 Å². The largest absolute Gasteiger partial charge is 0.496 e. The number of nitrogens with one attached hydrogen (secondary N) is 2. The number of hydrogen-bond donors (Lipinski definition) is 2. The van der Waals surface area contributed by atoms with Crippen LogP contribution < -0.4 is 20.1 Å². The molecule has 0 aliphatic rings. The number of pyridine rings is 1. The van der Waals surface area contributed by atoms with E-state index in [0.29, 0.717) is 23.7 Å². The number of carbonyl (C=O) groups is 1. The van der Waals surface area contributed by atoms with E-state index in [2.05, 4.69) is 15.6 Å². The Morgan fingerprint density at radius 3 is 2.41 bits per heavy atom. The summed E-state index contributed by atoms with van der Waals surface area (Å²) in [5.41, 5.74) is 2.19. The summed E-state index contributed by atoms with van der Waals surface area (Å²) < 4.78 is 10.6. The first-order chi connectivity index (χ1) is 13.2. The van der Waals surface area contributed by atoms with Gasteiger partial charge in [-0.3, -0.25) is 4.79 Å². The van der Waals surface area contributed by atoms with Gasteiger partial charge >= 0.3 is 0 Å². The molecule has 0 saturated carbocycles. The van der Waals surface area contributed by atoms with Crippen LogP contribution in [0.25, 0.3) is 0 Å². The molecule has 0 fully saturated rings. The van der Waals surface area contributed by atoms with Gasteiger partial charge in [0.1, 0.15) is 17.3 Å². The van der Waals surface area contributed by atoms with Gasteiger partial charge in [-0.1, -0.05) is 12.1 Å². The van der Waals surface area contributed by atoms with Gasteiger partial charge in [-0.15, -0.1) is 0 Å². The molecule has 1 aromatic heterocycles. The van der Waals surface area contributed by atoms with Crippen molar-refractivity contribution >= 4 is 23.1 Å². The van der Waals surface area contributed by atoms with Gasteiger partial charge in [-0.25, -0.2) is 4.98 Å². The molecule has 138 valence electrons. The van der Waals surface area contributed by atoms with E-state index in [0.717, 1.165) is 17.1 Å². The normalized spacial score (nSPS) is 10.1. The van der Waals surface area contributed by atoms with E-state index in [1.165, 1.54) is 7.11 Å². The summed E-state index contributed by atoms with van der Waals surface area (Å²) in [5.74, 6) is 1.54. The van der Waals surface area contributed by atoms with Crippen molar-refractivity contribution in [3.63, 3.8) is 0 Å². The van der Waals surface area contributed by atoms with Crippen LogP contribution in [-0.2, 0) is 0 Å². The molecule has 0 bridgehead atoms. The Balaban J connectivity index is 1.64. The smallest absolute Gasteiger partial charge is 0.260 e. The maximum absolute atomic E-state index is 12.4. The van der Waals surface area contributed by atoms with Gasteiger partial charge in [0.05, 0.1) is 31.2 Å². The summed E-state index contributed by atoms with van der Waals surface area (Å²) in [6.45, 7) is 2.59. The van der Waals surface area contributed by atoms with Crippen molar-refractivity contribution in [3.8, 4) is 11.5 Å². The van der Waals surface area contributed by atoms with Gasteiger partial charge in [0.2, 0.25) is 0 Å². The Morgan fingerprint density at radius 1 is 1.00 bits per heavy atom. The van der Waals surface area contributed by atoms with E-state index in [-0.39, 0.29) is 5.91 Å². The standard InChI is InChI=1S/C21H21N3O3/c1-3-27-17-11-8-15(9-12-17)23-16-10-13-20(22-14-16)24-21(25)18-6-4-5-7-19(18)26-2/h4-14,23H,3H2,1-2H3,(H,22,24,25). The minimum Gasteiger partial charge on any atom is -0.496 e. The third-order valence-electron chi connectivity index (χ3n) is 3.81. The van der Waals surface area contributed by atoms with Gasteiger partial charge in [-0.05, 0) is 55.5 Å². The van der Waals surface area contributed by atoms with Crippen molar-refractivity contribution in [1.82, 2.24) is 4.98 Å². The Kier molecular flexibility index (Phi) is 5.89. The predicted octanol–water partition coefficient (Wildman–Crippen LogP) is 4.48. The molecule has 0 radical (unpaired) electrons. The van der Waals surface area contributed by atoms with E-state index >= 15 is 0 Å². The Morgan fingerprint density at radius 2 is 1.74 bits per heavy atom. The van der Waals surface area contributed by atoms with E-state index in [9.17, 15) is 4.79 Å². The predicted molar refractivity (Wildman–Crippen MR) is 106 cm³/mol. The van der Waals surface area contributed by atoms with Crippen LogP contribution in [0.4, 0.5) is 17.2 Å². The monoisotopic (exact) mass is 363 g/mol. The van der Waals surface area contributed by atoms with Crippen LogP contribution in [0.15, 0.2) is 66.9 Å². The summed E-state index contributed by atoms with van der Waals surface area (Å²) in [5, 5.41) is 6.02. The van der Waals surface area contributed by atoms with Gasteiger partial charge in [0.15, 0.2) is 0 Å². The second-order valence-corrected chi connectivity index (χ2v) is 5.67. The summed E-state index contributed by atoms with van der Waals surface area (Å²) in [4.78, 5) is 16.7. The molecule has 2 aromatic carbocycles. The molecule has 1 heterocycles. The highest BCUT2D eigenvalue weighted by atomic mass is 16.5. The van der Waals surface area contributed by atoms with Gasteiger partial charge in [0, 0.05) is 5.69 Å². The second-order valence-electron chi connectivity index (χ2n) is 5.67. The topological polar surface area (TPSA) is 72.5 Å². The van der Waals surface area contributed by atoms with Crippen LogP contribution >= 0.6 is 0 Å². The summed E-state index contributed by atoms with van der Waals surface area (Å²) in [6.07, 6.45) is 1.66. The molecule has 3 aromatic rings. The lowest BCUT2D eigenvalue weighted by Crippen LogP contribution is -2.14. The highest BCUT2D eigenvalue weighted by Gasteiger charge is 2.12. The van der Waals surface area contributed by atoms with Crippen molar-refractivity contribution in [3.05, 3.63) is 72.4 Å². The Hall–Kier alpha value is -3.54. The van der Waals surface area contributed by atoms with Crippen LogP contribution in [0.5, 0.6) is 11.5 Å². The molecule has 6 heteroatoms. The lowest BCUT2D eigenvalue weighted by molar-refractivity contribution is 0.102. The first-order valence-corrected chi connectivity index (χ1v) is 8.60. The number of amides is 1. The van der Waals surface area contributed by atoms with Gasteiger partial charge < -0.3 is 20.1 Å². The SMILES string of the molecule is CCOc1ccc(Nc2ccc(NC(=O)c3ccccc3OC)nc2)cc1. The maximum atomic E-state index is 12.4. The molecule has 6 nitrogen and oxygen atoms in total. The molecule has 1 amide bonds. The minimum atomic E-state index is -0.271. The molecular formula is C21H21N3O3. The van der Waals surface area contributed by atoms with Crippen LogP contribution in [0.1, 0.15) is 17.3 Å². The maximum Gasteiger partial charge on any atom is 0.260 e. The number of aromatic nitrogens is 1. The van der Waals surface area contributed by atoms with Crippen LogP contribution in [0.2, 0.25) is 0 Å². The number of carbonyl (C=O) groups excluding carboxylic acids is 1. The molecule has 0 aliphatic heterocycles. The number of hydrogen-bond acceptors (Lipinski definition) is 5. The van der Waals surface area contributed by atoms with Crippen LogP contribution in [0.3, 0.4) is 0 Å². The number of benzene rings is 2. The first-order valence-electron chi connectivity index (χ1n) is 8.60. The van der Waals surface area contributed by atoms with E-state index in [1.807, 2.05) is 43.3 Å². The fourth-order valence-corrected chi connectivity index (χ4v) is 2.53. The molecule has 0 atom stereocenters. The lowest BCUT2D eigenvalue weighted by atomic mass is 10.2. The zero-order valence-corrected chi connectivity index (χ0v) is 15.2. The number of anilines is 3. The summed E-state index contributed by atoms with van der Waals surface area (Å²) in [6, 6.07) is 18.3. The zero-order chi connectivity index (χ0) is 19.1. The quantitative estimate of drug-likeness (QED) is 0.647. The summed E-state index contributed by atoms with van der Waals surface area (Å²) >= 11 is 0. The zero-order valence-electron chi connectivity index (χ0n) is 15.2. The molecule has 2 N–H and O–H groups in total. The molecule has 27 heavy (non-hydrogen) atoms. The third kappa shape index (κ3) is 4.76. The number of ether oxygens (including phenoxy) is 2. The van der Waals surface area contributed by atoms with Crippen molar-refractivity contribution in [1.29, 1.82) is 0 Å². The average molecular weight is 363 g/mol. The number of methoxy groups -OCH3 is 1. The number of rotatable bonds is 7. The van der Waals surface area contributed by atoms with Crippen molar-refractivity contribution in [2.75, 3.05) is 24.4 Å². The average Bonchev–Trinajstić information content (AvgIpc) is 2.71. The molecule has 0 spiro atoms. The molecular weight excluding hydrogens is 342 g/mol. The van der Waals surface area contributed by atoms with Crippen molar-refractivity contribution in [2.24, 2.45) is 0 Å². The lowest BCUT2D eigenvalue weighted by Gasteiger charge is -2.10. The van der Waals surface area contributed by atoms with Crippen molar-refractivity contribution < 1.29 is 14.3 Å². The highest BCUT2D eigenvalue weighted by molar-refractivity contribution is 6.05. The molecule has 0 unspecified atom stereocenters. The van der Waals surface area contributed by atoms with Crippen LogP contribution in [0, 0.1) is 0 Å². The molecule has 0 aliphatic carbocycles. The number of para-hydroxylation sites is 1. The third-order valence-corrected chi connectivity index (χ3v) is 3.81. The first kappa shape index (κ1) is 18.3. The Bertz CT molecular complexity index is 893. The minimum absolute atomic E-state index is 0.271. The van der Waals surface area contributed by atoms with E-state index < -0.39 is 0 Å². The molecule has 3 rings (SSSR count). The Labute approximate surface area is 158 Å². The van der Waals surface area contributed by atoms with Crippen LogP contribution in [-0.4, -0.2) is 24.6 Å².